The molecule has 0 fully saturated rings. The van der Waals surface area contributed by atoms with Gasteiger partial charge in [0.25, 0.3) is 0 Å². The van der Waals surface area contributed by atoms with Crippen LogP contribution < -0.4 is 9.47 Å². The highest BCUT2D eigenvalue weighted by Crippen LogP contribution is 2.36. The van der Waals surface area contributed by atoms with E-state index in [2.05, 4.69) is 0 Å². The highest BCUT2D eigenvalue weighted by atomic mass is 32.2. The van der Waals surface area contributed by atoms with Gasteiger partial charge in [-0.2, -0.15) is 13.2 Å². The van der Waals surface area contributed by atoms with Gasteiger partial charge in [-0.1, -0.05) is 19.1 Å². The molecule has 0 radical (unpaired) electrons. The number of hydrogen-bond acceptors (Lipinski definition) is 5. The Morgan fingerprint density at radius 2 is 1.67 bits per heavy atom. The zero-order valence-corrected chi connectivity index (χ0v) is 15.3. The summed E-state index contributed by atoms with van der Waals surface area (Å²) in [6, 6.07) is 9.79. The maximum atomic E-state index is 13.0. The second-order valence-electron chi connectivity index (χ2n) is 5.77. The van der Waals surface area contributed by atoms with E-state index in [1.807, 2.05) is 0 Å². The highest BCUT2D eigenvalue weighted by molar-refractivity contribution is 7.91. The maximum absolute atomic E-state index is 13.0. The van der Waals surface area contributed by atoms with E-state index in [1.54, 1.807) is 0 Å². The third-order valence-electron chi connectivity index (χ3n) is 3.69. The Labute approximate surface area is 154 Å². The molecule has 1 atom stereocenters. The number of methoxy groups -OCH3 is 1. The Bertz CT molecular complexity index is 905. The number of ether oxygens (including phenoxy) is 2. The summed E-state index contributed by atoms with van der Waals surface area (Å²) in [5, 5.41) is 0. The first-order valence-corrected chi connectivity index (χ1v) is 9.44. The van der Waals surface area contributed by atoms with Gasteiger partial charge >= 0.3 is 12.1 Å². The van der Waals surface area contributed by atoms with E-state index in [1.165, 1.54) is 44.4 Å². The average molecular weight is 402 g/mol. The van der Waals surface area contributed by atoms with Crippen LogP contribution in [0.4, 0.5) is 13.2 Å². The van der Waals surface area contributed by atoms with E-state index in [0.29, 0.717) is 5.75 Å². The van der Waals surface area contributed by atoms with E-state index in [4.69, 9.17) is 9.47 Å². The van der Waals surface area contributed by atoms with Gasteiger partial charge < -0.3 is 9.47 Å². The van der Waals surface area contributed by atoms with Crippen LogP contribution in [0.25, 0.3) is 0 Å². The molecule has 0 aliphatic carbocycles. The minimum atomic E-state index is -4.70. The van der Waals surface area contributed by atoms with Gasteiger partial charge in [0.1, 0.15) is 11.5 Å². The monoisotopic (exact) mass is 402 g/mol. The number of carbonyl (C=O) groups excluding carboxylic acids is 1. The fourth-order valence-electron chi connectivity index (χ4n) is 2.28. The first-order chi connectivity index (χ1) is 12.5. The second-order valence-corrected chi connectivity index (χ2v) is 7.81. The lowest BCUT2D eigenvalue weighted by molar-refractivity contribution is -0.143. The lowest BCUT2D eigenvalue weighted by Crippen LogP contribution is -2.26. The van der Waals surface area contributed by atoms with Crippen molar-refractivity contribution < 1.29 is 35.9 Å². The van der Waals surface area contributed by atoms with Gasteiger partial charge in [-0.25, -0.2) is 8.42 Å². The molecule has 0 aliphatic heterocycles. The Morgan fingerprint density at radius 1 is 1.07 bits per heavy atom. The van der Waals surface area contributed by atoms with Crippen LogP contribution in [0.2, 0.25) is 0 Å². The number of carbonyl (C=O) groups is 1. The van der Waals surface area contributed by atoms with Gasteiger partial charge in [-0.05, 0) is 36.4 Å². The summed E-state index contributed by atoms with van der Waals surface area (Å²) in [4.78, 5) is 12.1. The fourth-order valence-corrected chi connectivity index (χ4v) is 3.81. The largest absolute Gasteiger partial charge is 0.497 e. The maximum Gasteiger partial charge on any atom is 0.419 e. The molecule has 2 rings (SSSR count). The molecule has 0 spiro atoms. The van der Waals surface area contributed by atoms with E-state index < -0.39 is 45.0 Å². The molecule has 27 heavy (non-hydrogen) atoms. The predicted molar refractivity (Wildman–Crippen MR) is 91.3 cm³/mol. The summed E-state index contributed by atoms with van der Waals surface area (Å²) in [7, 11) is -2.41. The summed E-state index contributed by atoms with van der Waals surface area (Å²) >= 11 is 0. The van der Waals surface area contributed by atoms with Crippen molar-refractivity contribution in [3.63, 3.8) is 0 Å². The molecule has 0 heterocycles. The van der Waals surface area contributed by atoms with Crippen LogP contribution in [-0.2, 0) is 20.8 Å². The van der Waals surface area contributed by atoms with Gasteiger partial charge in [0, 0.05) is 0 Å². The van der Waals surface area contributed by atoms with Gasteiger partial charge in [0.15, 0.2) is 9.84 Å². The molecule has 0 amide bonds. The summed E-state index contributed by atoms with van der Waals surface area (Å²) in [5.41, 5.74) is -1.11. The molecule has 2 aromatic rings. The highest BCUT2D eigenvalue weighted by Gasteiger charge is 2.35. The first kappa shape index (κ1) is 20.8. The van der Waals surface area contributed by atoms with Crippen molar-refractivity contribution in [2.24, 2.45) is 5.92 Å². The molecular weight excluding hydrogens is 385 g/mol. The Morgan fingerprint density at radius 3 is 2.22 bits per heavy atom. The Kier molecular flexibility index (Phi) is 6.15. The predicted octanol–water partition coefficient (Wildman–Crippen LogP) is 3.73. The van der Waals surface area contributed by atoms with Gasteiger partial charge in [0.2, 0.25) is 0 Å². The fraction of sp³-hybridized carbons (Fsp3) is 0.278. The minimum Gasteiger partial charge on any atom is -0.497 e. The summed E-state index contributed by atoms with van der Waals surface area (Å²) < 4.78 is 73.4. The lowest BCUT2D eigenvalue weighted by Gasteiger charge is -2.15. The minimum absolute atomic E-state index is 0.0290. The molecule has 0 saturated heterocycles. The third kappa shape index (κ3) is 5.22. The SMILES string of the molecule is COc1ccc(S(=O)(=O)CC(C)C(=O)Oc2ccccc2C(F)(F)F)cc1. The van der Waals surface area contributed by atoms with Crippen LogP contribution in [-0.4, -0.2) is 27.2 Å². The van der Waals surface area contributed by atoms with Crippen LogP contribution in [0, 0.1) is 5.92 Å². The molecule has 0 aliphatic rings. The molecule has 2 aromatic carbocycles. The number of hydrogen-bond donors (Lipinski definition) is 0. The van der Waals surface area contributed by atoms with Gasteiger partial charge in [0.05, 0.1) is 29.2 Å². The Balaban J connectivity index is 2.14. The Hall–Kier alpha value is -2.55. The number of benzene rings is 2. The second kappa shape index (κ2) is 7.99. The van der Waals surface area contributed by atoms with Crippen molar-refractivity contribution in [3.05, 3.63) is 54.1 Å². The summed E-state index contributed by atoms with van der Waals surface area (Å²) in [5.74, 6) is -3.04. The standard InChI is InChI=1S/C18H17F3O5S/c1-12(11-27(23,24)14-9-7-13(25-2)8-10-14)17(22)26-16-6-4-3-5-15(16)18(19,20)21/h3-10,12H,11H2,1-2H3. The van der Waals surface area contributed by atoms with Crippen LogP contribution in [0.3, 0.4) is 0 Å². The summed E-state index contributed by atoms with van der Waals surface area (Å²) in [6.07, 6.45) is -4.70. The molecule has 0 aromatic heterocycles. The molecule has 0 saturated carbocycles. The molecule has 1 unspecified atom stereocenters. The van der Waals surface area contributed by atoms with E-state index in [9.17, 15) is 26.4 Å². The first-order valence-electron chi connectivity index (χ1n) is 7.79. The molecule has 5 nitrogen and oxygen atoms in total. The number of sulfone groups is 1. The quantitative estimate of drug-likeness (QED) is 0.544. The van der Waals surface area contributed by atoms with Gasteiger partial charge in [-0.15, -0.1) is 0 Å². The van der Waals surface area contributed by atoms with E-state index >= 15 is 0 Å². The lowest BCUT2D eigenvalue weighted by atomic mass is 10.2. The van der Waals surface area contributed by atoms with Crippen LogP contribution in [0.1, 0.15) is 12.5 Å². The smallest absolute Gasteiger partial charge is 0.419 e. The van der Waals surface area contributed by atoms with Crippen molar-refractivity contribution >= 4 is 15.8 Å². The molecule has 9 heteroatoms. The number of alkyl halides is 3. The molecular formula is C18H17F3O5S. The van der Waals surface area contributed by atoms with Crippen molar-refractivity contribution in [3.8, 4) is 11.5 Å². The zero-order valence-electron chi connectivity index (χ0n) is 14.5. The average Bonchev–Trinajstić information content (AvgIpc) is 2.61. The third-order valence-corrected chi connectivity index (χ3v) is 5.62. The number of halogens is 3. The number of esters is 1. The van der Waals surface area contributed by atoms with Crippen molar-refractivity contribution in [1.82, 2.24) is 0 Å². The van der Waals surface area contributed by atoms with Crippen molar-refractivity contribution in [1.29, 1.82) is 0 Å². The van der Waals surface area contributed by atoms with Crippen LogP contribution in [0.5, 0.6) is 11.5 Å². The topological polar surface area (TPSA) is 69.7 Å². The van der Waals surface area contributed by atoms with Crippen molar-refractivity contribution in [2.45, 2.75) is 18.0 Å². The van der Waals surface area contributed by atoms with Crippen LogP contribution >= 0.6 is 0 Å². The van der Waals surface area contributed by atoms with Crippen molar-refractivity contribution in [2.75, 3.05) is 12.9 Å². The van der Waals surface area contributed by atoms with Gasteiger partial charge in [-0.3, -0.25) is 4.79 Å². The van der Waals surface area contributed by atoms with E-state index in [-0.39, 0.29) is 4.90 Å². The van der Waals surface area contributed by atoms with Crippen LogP contribution in [0.15, 0.2) is 53.4 Å². The summed E-state index contributed by atoms with van der Waals surface area (Å²) in [6.45, 7) is 1.28. The number of rotatable bonds is 6. The normalized spacial score (nSPS) is 13.1. The van der Waals surface area contributed by atoms with E-state index in [0.717, 1.165) is 18.2 Å². The molecule has 0 bridgehead atoms. The molecule has 146 valence electrons. The zero-order chi connectivity index (χ0) is 20.2. The molecule has 0 N–H and O–H groups in total. The number of para-hydroxylation sites is 1.